The molecule has 8 heteroatoms. The average molecular weight is 524 g/mol. The first-order valence-corrected chi connectivity index (χ1v) is 13.3. The van der Waals surface area contributed by atoms with Crippen molar-refractivity contribution >= 4 is 35.7 Å². The van der Waals surface area contributed by atoms with Crippen molar-refractivity contribution in [2.75, 3.05) is 10.1 Å². The number of amides is 2. The van der Waals surface area contributed by atoms with E-state index in [2.05, 4.69) is 38.1 Å². The number of nitrogens with zero attached hydrogens (tertiary/aromatic N) is 2. The third-order valence-corrected chi connectivity index (χ3v) is 7.05. The van der Waals surface area contributed by atoms with Gasteiger partial charge in [-0.15, -0.1) is 0 Å². The van der Waals surface area contributed by atoms with Crippen LogP contribution in [0.25, 0.3) is 0 Å². The first-order valence-electron chi connectivity index (χ1n) is 13.3. The summed E-state index contributed by atoms with van der Waals surface area (Å²) in [5, 5.41) is 15.8. The minimum atomic E-state index is -0.971. The third kappa shape index (κ3) is 5.86. The zero-order chi connectivity index (χ0) is 28.5. The van der Waals surface area contributed by atoms with E-state index < -0.39 is 13.0 Å². The van der Waals surface area contributed by atoms with Crippen LogP contribution in [-0.4, -0.2) is 34.9 Å². The molecule has 2 amide bonds. The molecule has 0 aromatic heterocycles. The van der Waals surface area contributed by atoms with Crippen molar-refractivity contribution in [3.63, 3.8) is 0 Å². The number of benzene rings is 3. The molecule has 0 aliphatic carbocycles. The molecule has 39 heavy (non-hydrogen) atoms. The SMILES string of the molecule is C=C1Nc2cc(C(=O)NN(C(=O)c3cc(C)cc(C)c3)[C@H](CC)C(C)(C)C)ccc2B(O)N1c1ccccc1. The molecule has 0 radical (unpaired) electrons. The Morgan fingerprint density at radius 2 is 1.67 bits per heavy atom. The highest BCUT2D eigenvalue weighted by Crippen LogP contribution is 2.29. The van der Waals surface area contributed by atoms with Gasteiger partial charge >= 0.3 is 7.05 Å². The van der Waals surface area contributed by atoms with Gasteiger partial charge < -0.3 is 15.2 Å². The van der Waals surface area contributed by atoms with Crippen LogP contribution in [0.15, 0.2) is 79.1 Å². The fourth-order valence-electron chi connectivity index (χ4n) is 5.28. The second-order valence-corrected chi connectivity index (χ2v) is 11.2. The molecule has 0 saturated heterocycles. The number of nitrogens with one attached hydrogen (secondary N) is 2. The molecule has 3 aromatic rings. The molecule has 0 saturated carbocycles. The Morgan fingerprint density at radius 3 is 2.26 bits per heavy atom. The van der Waals surface area contributed by atoms with Gasteiger partial charge in [-0.25, -0.2) is 5.01 Å². The van der Waals surface area contributed by atoms with E-state index in [0.717, 1.165) is 16.8 Å². The van der Waals surface area contributed by atoms with Crippen LogP contribution in [0.4, 0.5) is 11.4 Å². The van der Waals surface area contributed by atoms with Crippen LogP contribution in [0, 0.1) is 19.3 Å². The van der Waals surface area contributed by atoms with Crippen LogP contribution < -0.4 is 21.0 Å². The molecule has 202 valence electrons. The highest BCUT2D eigenvalue weighted by Gasteiger charge is 2.36. The smallest absolute Gasteiger partial charge is 0.428 e. The molecule has 7 nitrogen and oxygen atoms in total. The number of hydrogen-bond donors (Lipinski definition) is 3. The molecule has 0 fully saturated rings. The van der Waals surface area contributed by atoms with Gasteiger partial charge in [0.25, 0.3) is 11.8 Å². The minimum absolute atomic E-state index is 0.244. The Balaban J connectivity index is 1.65. The van der Waals surface area contributed by atoms with Gasteiger partial charge in [0, 0.05) is 22.5 Å². The molecule has 1 atom stereocenters. The van der Waals surface area contributed by atoms with E-state index in [9.17, 15) is 14.6 Å². The molecule has 0 unspecified atom stereocenters. The summed E-state index contributed by atoms with van der Waals surface area (Å²) in [7, 11) is -0.971. The van der Waals surface area contributed by atoms with Crippen LogP contribution in [-0.2, 0) is 0 Å². The van der Waals surface area contributed by atoms with Crippen LogP contribution in [0.5, 0.6) is 0 Å². The lowest BCUT2D eigenvalue weighted by atomic mass is 9.68. The quantitative estimate of drug-likeness (QED) is 0.323. The van der Waals surface area contributed by atoms with E-state index in [0.29, 0.717) is 34.5 Å². The lowest BCUT2D eigenvalue weighted by Crippen LogP contribution is -2.56. The molecule has 4 rings (SSSR count). The number of rotatable bonds is 5. The standard InChI is InChI=1S/C31H37BN4O3/c1-8-28(31(5,6)7)36(30(38)24-17-20(2)16-21(3)18-24)34-29(37)23-14-15-26-27(19-23)33-22(4)35(32(26)39)25-12-10-9-11-13-25/h9-19,28,33,39H,4,8H2,1-3,5-7H3,(H,34,37)/t28-/m1/s1. The summed E-state index contributed by atoms with van der Waals surface area (Å²) in [6.07, 6.45) is 0.660. The van der Waals surface area contributed by atoms with E-state index in [1.165, 1.54) is 5.01 Å². The average Bonchev–Trinajstić information content (AvgIpc) is 2.87. The second-order valence-electron chi connectivity index (χ2n) is 11.2. The zero-order valence-corrected chi connectivity index (χ0v) is 23.6. The highest BCUT2D eigenvalue weighted by molar-refractivity contribution is 6.73. The van der Waals surface area contributed by atoms with Crippen LogP contribution >= 0.6 is 0 Å². The van der Waals surface area contributed by atoms with Gasteiger partial charge in [-0.2, -0.15) is 0 Å². The molecule has 0 bridgehead atoms. The molecule has 1 aliphatic rings. The predicted octanol–water partition coefficient (Wildman–Crippen LogP) is 5.01. The lowest BCUT2D eigenvalue weighted by molar-refractivity contribution is 0.0285. The molecular weight excluding hydrogens is 487 g/mol. The first kappa shape index (κ1) is 28.0. The molecule has 3 N–H and O–H groups in total. The number of aryl methyl sites for hydroxylation is 2. The summed E-state index contributed by atoms with van der Waals surface area (Å²) >= 11 is 0. The summed E-state index contributed by atoms with van der Waals surface area (Å²) in [4.78, 5) is 29.1. The normalized spacial score (nSPS) is 13.9. The van der Waals surface area contributed by atoms with Crippen molar-refractivity contribution in [1.82, 2.24) is 10.4 Å². The minimum Gasteiger partial charge on any atom is -0.428 e. The number of hydrazine groups is 1. The van der Waals surface area contributed by atoms with Gasteiger partial charge in [0.15, 0.2) is 0 Å². The van der Waals surface area contributed by atoms with E-state index in [1.54, 1.807) is 23.0 Å². The molecule has 3 aromatic carbocycles. The van der Waals surface area contributed by atoms with Crippen LogP contribution in [0.1, 0.15) is 66.0 Å². The van der Waals surface area contributed by atoms with Crippen molar-refractivity contribution in [2.45, 2.75) is 54.0 Å². The number of anilines is 2. The fraction of sp³-hybridized carbons (Fsp3) is 0.290. The van der Waals surface area contributed by atoms with E-state index >= 15 is 0 Å². The largest absolute Gasteiger partial charge is 0.457 e. The Hall–Kier alpha value is -4.04. The maximum atomic E-state index is 13.8. The monoisotopic (exact) mass is 524 g/mol. The van der Waals surface area contributed by atoms with E-state index in [1.807, 2.05) is 69.3 Å². The van der Waals surface area contributed by atoms with Gasteiger partial charge in [0.2, 0.25) is 0 Å². The van der Waals surface area contributed by atoms with Gasteiger partial charge in [0.1, 0.15) is 0 Å². The maximum absolute atomic E-state index is 13.8. The second kappa shape index (κ2) is 11.0. The van der Waals surface area contributed by atoms with Crippen molar-refractivity contribution in [2.24, 2.45) is 5.41 Å². The summed E-state index contributed by atoms with van der Waals surface area (Å²) in [5.41, 5.74) is 7.49. The third-order valence-electron chi connectivity index (χ3n) is 7.05. The summed E-state index contributed by atoms with van der Waals surface area (Å²) in [6, 6.07) is 20.0. The van der Waals surface area contributed by atoms with Gasteiger partial charge in [-0.3, -0.25) is 15.0 Å². The number of carbonyl (C=O) groups is 2. The van der Waals surface area contributed by atoms with Gasteiger partial charge in [-0.1, -0.05) is 75.7 Å². The number of carbonyl (C=O) groups excluding carboxylic acids is 2. The van der Waals surface area contributed by atoms with Crippen molar-refractivity contribution in [1.29, 1.82) is 0 Å². The van der Waals surface area contributed by atoms with Crippen molar-refractivity contribution in [3.8, 4) is 0 Å². The Bertz CT molecular complexity index is 1380. The Morgan fingerprint density at radius 1 is 1.03 bits per heavy atom. The topological polar surface area (TPSA) is 84.9 Å². The molecule has 1 heterocycles. The van der Waals surface area contributed by atoms with Crippen LogP contribution in [0.2, 0.25) is 0 Å². The summed E-state index contributed by atoms with van der Waals surface area (Å²) in [5.74, 6) is -0.176. The Labute approximate surface area is 231 Å². The molecular formula is C31H37BN4O3. The van der Waals surface area contributed by atoms with Crippen LogP contribution in [0.3, 0.4) is 0 Å². The number of hydrogen-bond acceptors (Lipinski definition) is 5. The number of para-hydroxylation sites is 1. The van der Waals surface area contributed by atoms with Crippen molar-refractivity contribution in [3.05, 3.63) is 101 Å². The van der Waals surface area contributed by atoms with Gasteiger partial charge in [-0.05, 0) is 67.5 Å². The molecule has 1 aliphatic heterocycles. The maximum Gasteiger partial charge on any atom is 0.457 e. The fourth-order valence-corrected chi connectivity index (χ4v) is 5.28. The van der Waals surface area contributed by atoms with Crippen molar-refractivity contribution < 1.29 is 14.6 Å². The van der Waals surface area contributed by atoms with E-state index in [4.69, 9.17) is 0 Å². The zero-order valence-electron chi connectivity index (χ0n) is 23.6. The number of fused-ring (bicyclic) bond motifs is 1. The summed E-state index contributed by atoms with van der Waals surface area (Å²) in [6.45, 7) is 16.2. The molecule has 0 spiro atoms. The first-order chi connectivity index (χ1) is 18.4. The lowest BCUT2D eigenvalue weighted by Gasteiger charge is -2.39. The van der Waals surface area contributed by atoms with E-state index in [-0.39, 0.29) is 17.4 Å². The Kier molecular flexibility index (Phi) is 7.88. The van der Waals surface area contributed by atoms with Gasteiger partial charge in [0.05, 0.1) is 11.9 Å². The summed E-state index contributed by atoms with van der Waals surface area (Å²) < 4.78 is 0. The predicted molar refractivity (Wildman–Crippen MR) is 159 cm³/mol. The highest BCUT2D eigenvalue weighted by atomic mass is 16.2.